The molecular formula is C16H16ClF2N. The SMILES string of the molecule is FC(F)c1cccc(CNCCc2ccc(Cl)cc2)c1. The molecule has 4 heteroatoms. The van der Waals surface area contributed by atoms with Crippen molar-refractivity contribution in [1.29, 1.82) is 0 Å². The lowest BCUT2D eigenvalue weighted by molar-refractivity contribution is 0.151. The summed E-state index contributed by atoms with van der Waals surface area (Å²) in [5.41, 5.74) is 2.14. The molecule has 20 heavy (non-hydrogen) atoms. The van der Waals surface area contributed by atoms with E-state index in [0.717, 1.165) is 23.6 Å². The van der Waals surface area contributed by atoms with E-state index in [1.54, 1.807) is 12.1 Å². The first-order valence-electron chi connectivity index (χ1n) is 6.47. The molecule has 1 nitrogen and oxygen atoms in total. The zero-order valence-electron chi connectivity index (χ0n) is 11.0. The Morgan fingerprint density at radius 1 is 1.00 bits per heavy atom. The fourth-order valence-corrected chi connectivity index (χ4v) is 2.08. The molecule has 0 unspecified atom stereocenters. The van der Waals surface area contributed by atoms with Crippen LogP contribution in [0.1, 0.15) is 23.1 Å². The van der Waals surface area contributed by atoms with E-state index < -0.39 is 6.43 Å². The Balaban J connectivity index is 1.78. The second-order valence-electron chi connectivity index (χ2n) is 4.60. The molecule has 0 saturated carbocycles. The Bertz CT molecular complexity index is 540. The lowest BCUT2D eigenvalue weighted by Crippen LogP contribution is -2.16. The van der Waals surface area contributed by atoms with Crippen LogP contribution in [0.15, 0.2) is 48.5 Å². The molecule has 0 bridgehead atoms. The molecule has 1 N–H and O–H groups in total. The van der Waals surface area contributed by atoms with Crippen LogP contribution in [-0.2, 0) is 13.0 Å². The minimum atomic E-state index is -2.41. The number of hydrogen-bond donors (Lipinski definition) is 1. The van der Waals surface area contributed by atoms with Crippen molar-refractivity contribution >= 4 is 11.6 Å². The smallest absolute Gasteiger partial charge is 0.263 e. The van der Waals surface area contributed by atoms with E-state index in [9.17, 15) is 8.78 Å². The van der Waals surface area contributed by atoms with Crippen LogP contribution in [0, 0.1) is 0 Å². The molecule has 0 radical (unpaired) electrons. The molecule has 106 valence electrons. The van der Waals surface area contributed by atoms with Gasteiger partial charge in [-0.15, -0.1) is 0 Å². The van der Waals surface area contributed by atoms with Gasteiger partial charge in [0.15, 0.2) is 0 Å². The molecule has 0 spiro atoms. The van der Waals surface area contributed by atoms with Gasteiger partial charge in [0, 0.05) is 17.1 Å². The average Bonchev–Trinajstić information content (AvgIpc) is 2.46. The summed E-state index contributed by atoms with van der Waals surface area (Å²) in [5.74, 6) is 0. The summed E-state index contributed by atoms with van der Waals surface area (Å²) in [6.45, 7) is 1.38. The van der Waals surface area contributed by atoms with Crippen molar-refractivity contribution in [1.82, 2.24) is 5.32 Å². The third kappa shape index (κ3) is 4.58. The quantitative estimate of drug-likeness (QED) is 0.767. The van der Waals surface area contributed by atoms with Crippen LogP contribution in [0.2, 0.25) is 5.02 Å². The van der Waals surface area contributed by atoms with Gasteiger partial charge in [0.05, 0.1) is 0 Å². The molecule has 0 amide bonds. The molecule has 0 aromatic heterocycles. The van der Waals surface area contributed by atoms with Gasteiger partial charge in [-0.2, -0.15) is 0 Å². The zero-order chi connectivity index (χ0) is 14.4. The predicted molar refractivity (Wildman–Crippen MR) is 78.3 cm³/mol. The fraction of sp³-hybridized carbons (Fsp3) is 0.250. The summed E-state index contributed by atoms with van der Waals surface area (Å²) in [7, 11) is 0. The summed E-state index contributed by atoms with van der Waals surface area (Å²) in [6, 6.07) is 14.2. The lowest BCUT2D eigenvalue weighted by Gasteiger charge is -2.07. The minimum absolute atomic E-state index is 0.0713. The van der Waals surface area contributed by atoms with Crippen molar-refractivity contribution in [3.63, 3.8) is 0 Å². The first-order valence-corrected chi connectivity index (χ1v) is 6.85. The molecule has 2 aromatic rings. The largest absolute Gasteiger partial charge is 0.312 e. The van der Waals surface area contributed by atoms with Crippen molar-refractivity contribution in [2.75, 3.05) is 6.54 Å². The Hall–Kier alpha value is -1.45. The maximum absolute atomic E-state index is 12.6. The minimum Gasteiger partial charge on any atom is -0.312 e. The zero-order valence-corrected chi connectivity index (χ0v) is 11.7. The number of benzene rings is 2. The Kier molecular flexibility index (Phi) is 5.50. The number of hydrogen-bond acceptors (Lipinski definition) is 1. The normalized spacial score (nSPS) is 11.0. The monoisotopic (exact) mass is 295 g/mol. The molecule has 0 heterocycles. The first-order chi connectivity index (χ1) is 9.65. The van der Waals surface area contributed by atoms with Gasteiger partial charge in [0.25, 0.3) is 6.43 Å². The second-order valence-corrected chi connectivity index (χ2v) is 5.04. The van der Waals surface area contributed by atoms with E-state index in [1.807, 2.05) is 30.3 Å². The van der Waals surface area contributed by atoms with E-state index in [0.29, 0.717) is 6.54 Å². The molecule has 0 saturated heterocycles. The highest BCUT2D eigenvalue weighted by Crippen LogP contribution is 2.19. The van der Waals surface area contributed by atoms with Crippen LogP contribution in [0.3, 0.4) is 0 Å². The maximum atomic E-state index is 12.6. The van der Waals surface area contributed by atoms with Gasteiger partial charge >= 0.3 is 0 Å². The van der Waals surface area contributed by atoms with Crippen LogP contribution < -0.4 is 5.32 Å². The Morgan fingerprint density at radius 3 is 2.45 bits per heavy atom. The maximum Gasteiger partial charge on any atom is 0.263 e. The molecule has 0 aliphatic heterocycles. The Labute approximate surface area is 122 Å². The van der Waals surface area contributed by atoms with E-state index in [4.69, 9.17) is 11.6 Å². The summed E-state index contributed by atoms with van der Waals surface area (Å²) in [5, 5.41) is 3.98. The van der Waals surface area contributed by atoms with E-state index in [-0.39, 0.29) is 5.56 Å². The van der Waals surface area contributed by atoms with Gasteiger partial charge in [0.2, 0.25) is 0 Å². The number of rotatable bonds is 6. The van der Waals surface area contributed by atoms with Gasteiger partial charge in [-0.1, -0.05) is 41.9 Å². The predicted octanol–water partition coefficient (Wildman–Crippen LogP) is 4.61. The molecule has 0 fully saturated rings. The average molecular weight is 296 g/mol. The fourth-order valence-electron chi connectivity index (χ4n) is 1.96. The lowest BCUT2D eigenvalue weighted by atomic mass is 10.1. The van der Waals surface area contributed by atoms with Crippen molar-refractivity contribution in [2.24, 2.45) is 0 Å². The molecule has 2 rings (SSSR count). The van der Waals surface area contributed by atoms with Gasteiger partial charge in [-0.3, -0.25) is 0 Å². The topological polar surface area (TPSA) is 12.0 Å². The second kappa shape index (κ2) is 7.36. The van der Waals surface area contributed by atoms with Crippen LogP contribution in [0.5, 0.6) is 0 Å². The molecule has 2 aromatic carbocycles. The van der Waals surface area contributed by atoms with Crippen LogP contribution in [0.4, 0.5) is 8.78 Å². The number of halogens is 3. The number of nitrogens with one attached hydrogen (secondary N) is 1. The number of alkyl halides is 2. The summed E-state index contributed by atoms with van der Waals surface area (Å²) >= 11 is 5.82. The first kappa shape index (κ1) is 14.9. The van der Waals surface area contributed by atoms with Gasteiger partial charge < -0.3 is 5.32 Å². The van der Waals surface area contributed by atoms with Gasteiger partial charge in [-0.05, 0) is 42.3 Å². The van der Waals surface area contributed by atoms with Crippen LogP contribution >= 0.6 is 11.6 Å². The third-order valence-electron chi connectivity index (χ3n) is 3.04. The highest BCUT2D eigenvalue weighted by molar-refractivity contribution is 6.30. The van der Waals surface area contributed by atoms with Crippen molar-refractivity contribution in [2.45, 2.75) is 19.4 Å². The summed E-state index contributed by atoms with van der Waals surface area (Å²) in [6.07, 6.45) is -1.53. The molecule has 0 aliphatic carbocycles. The van der Waals surface area contributed by atoms with Crippen molar-refractivity contribution < 1.29 is 8.78 Å². The van der Waals surface area contributed by atoms with Gasteiger partial charge in [0.1, 0.15) is 0 Å². The summed E-state index contributed by atoms with van der Waals surface area (Å²) < 4.78 is 25.1. The van der Waals surface area contributed by atoms with Crippen molar-refractivity contribution in [3.8, 4) is 0 Å². The molecule has 0 aliphatic rings. The standard InChI is InChI=1S/C16H16ClF2N/c17-15-6-4-12(5-7-15)8-9-20-11-13-2-1-3-14(10-13)16(18)19/h1-7,10,16,20H,8-9,11H2. The highest BCUT2D eigenvalue weighted by atomic mass is 35.5. The van der Waals surface area contributed by atoms with E-state index >= 15 is 0 Å². The van der Waals surface area contributed by atoms with Crippen LogP contribution in [0.25, 0.3) is 0 Å². The van der Waals surface area contributed by atoms with Crippen molar-refractivity contribution in [3.05, 3.63) is 70.2 Å². The molecule has 0 atom stereocenters. The van der Waals surface area contributed by atoms with Gasteiger partial charge in [-0.25, -0.2) is 8.78 Å². The highest BCUT2D eigenvalue weighted by Gasteiger charge is 2.06. The van der Waals surface area contributed by atoms with E-state index in [2.05, 4.69) is 5.32 Å². The third-order valence-corrected chi connectivity index (χ3v) is 3.29. The van der Waals surface area contributed by atoms with E-state index in [1.165, 1.54) is 11.6 Å². The van der Waals surface area contributed by atoms with Crippen LogP contribution in [-0.4, -0.2) is 6.54 Å². The summed E-state index contributed by atoms with van der Waals surface area (Å²) in [4.78, 5) is 0. The molecular weight excluding hydrogens is 280 g/mol. The Morgan fingerprint density at radius 2 is 1.75 bits per heavy atom.